The quantitative estimate of drug-likeness (QED) is 0.122. The Kier molecular flexibility index (Phi) is 11.1. The first-order valence-electron chi connectivity index (χ1n) is 12.0. The van der Waals surface area contributed by atoms with Gasteiger partial charge in [-0.05, 0) is 42.6 Å². The van der Waals surface area contributed by atoms with Crippen LogP contribution in [0.1, 0.15) is 52.9 Å². The van der Waals surface area contributed by atoms with Gasteiger partial charge in [0.15, 0.2) is 14.6 Å². The Morgan fingerprint density at radius 3 is 2.30 bits per heavy atom. The van der Waals surface area contributed by atoms with E-state index in [0.717, 1.165) is 22.2 Å². The average Bonchev–Trinajstić information content (AvgIpc) is 2.78. The summed E-state index contributed by atoms with van der Waals surface area (Å²) in [6.45, 7) is 16.6. The molecule has 0 aromatic heterocycles. The monoisotopic (exact) mass is 586 g/mol. The van der Waals surface area contributed by atoms with Gasteiger partial charge < -0.3 is 18.6 Å². The van der Waals surface area contributed by atoms with E-state index in [2.05, 4.69) is 94.6 Å². The van der Waals surface area contributed by atoms with Crippen molar-refractivity contribution in [2.75, 3.05) is 18.1 Å². The van der Waals surface area contributed by atoms with Crippen molar-refractivity contribution < 1.29 is 18.6 Å². The van der Waals surface area contributed by atoms with E-state index in [4.69, 9.17) is 18.6 Å². The van der Waals surface area contributed by atoms with Gasteiger partial charge in [0.25, 0.3) is 0 Å². The Morgan fingerprint density at radius 2 is 1.73 bits per heavy atom. The summed E-state index contributed by atoms with van der Waals surface area (Å²) >= 11 is 2.45. The summed E-state index contributed by atoms with van der Waals surface area (Å²) in [7, 11) is -0.0160. The maximum Gasteiger partial charge on any atom is 0.192 e. The largest absolute Gasteiger partial charge is 0.497 e. The van der Waals surface area contributed by atoms with Gasteiger partial charge in [0.2, 0.25) is 0 Å². The Morgan fingerprint density at radius 1 is 1.09 bits per heavy atom. The summed E-state index contributed by atoms with van der Waals surface area (Å²) in [6.07, 6.45) is 9.27. The average molecular weight is 587 g/mol. The molecule has 1 fully saturated rings. The SMILES string of the molecule is COc1ccc([C@@H]2O[C@H]([C@H](C)CI)[C@H](C)[C@@H](C/C=C/C=C/CO[Si](C)(C)C(C)(C)C)O2)cc1. The molecule has 0 N–H and O–H groups in total. The van der Waals surface area contributed by atoms with E-state index in [9.17, 15) is 0 Å². The topological polar surface area (TPSA) is 36.9 Å². The number of allylic oxidation sites excluding steroid dienone is 2. The molecule has 1 heterocycles. The summed E-state index contributed by atoms with van der Waals surface area (Å²) in [5, 5.41) is 0.235. The van der Waals surface area contributed by atoms with Crippen molar-refractivity contribution in [1.82, 2.24) is 0 Å². The fraction of sp³-hybridized carbons (Fsp3) is 0.630. The van der Waals surface area contributed by atoms with Gasteiger partial charge in [0, 0.05) is 15.9 Å². The number of ether oxygens (including phenoxy) is 3. The van der Waals surface area contributed by atoms with Gasteiger partial charge in [-0.2, -0.15) is 0 Å². The lowest BCUT2D eigenvalue weighted by molar-refractivity contribution is -0.278. The van der Waals surface area contributed by atoms with Crippen LogP contribution in [0.25, 0.3) is 0 Å². The van der Waals surface area contributed by atoms with Gasteiger partial charge in [0.1, 0.15) is 5.75 Å². The summed E-state index contributed by atoms with van der Waals surface area (Å²) in [6, 6.07) is 7.98. The van der Waals surface area contributed by atoms with Crippen molar-refractivity contribution in [3.05, 3.63) is 54.1 Å². The van der Waals surface area contributed by atoms with E-state index in [-0.39, 0.29) is 23.5 Å². The van der Waals surface area contributed by atoms with Gasteiger partial charge >= 0.3 is 0 Å². The third kappa shape index (κ3) is 8.20. The standard InChI is InChI=1S/C27H43IO4Si/c1-20(19-28)25-21(2)24(31-26(32-25)22-14-16-23(29-6)17-15-22)13-11-9-10-12-18-30-33(7,8)27(3,4)5/h9-12,14-17,20-21,24-26H,13,18-19H2,1-8H3/b11-9+,12-10+/t20-,21-,24-,25-,26+/m1/s1. The van der Waals surface area contributed by atoms with E-state index in [0.29, 0.717) is 18.4 Å². The maximum absolute atomic E-state index is 6.44. The normalized spacial score (nSPS) is 25.6. The van der Waals surface area contributed by atoms with Crippen LogP contribution in [0, 0.1) is 11.8 Å². The lowest BCUT2D eigenvalue weighted by Crippen LogP contribution is -2.44. The van der Waals surface area contributed by atoms with Crippen LogP contribution in [0.4, 0.5) is 0 Å². The number of halogens is 1. The van der Waals surface area contributed by atoms with Gasteiger partial charge in [-0.25, -0.2) is 0 Å². The molecule has 2 rings (SSSR count). The molecule has 1 aliphatic rings. The molecular formula is C27H43IO4Si. The van der Waals surface area contributed by atoms with Crippen molar-refractivity contribution in [3.8, 4) is 5.75 Å². The Bertz CT molecular complexity index is 769. The van der Waals surface area contributed by atoms with Crippen molar-refractivity contribution in [3.63, 3.8) is 0 Å². The predicted molar refractivity (Wildman–Crippen MR) is 149 cm³/mol. The summed E-state index contributed by atoms with van der Waals surface area (Å²) in [4.78, 5) is 0. The number of hydrogen-bond acceptors (Lipinski definition) is 4. The minimum absolute atomic E-state index is 0.106. The molecule has 0 amide bonds. The number of hydrogen-bond donors (Lipinski definition) is 0. The number of alkyl halides is 1. The second-order valence-corrected chi connectivity index (χ2v) is 16.2. The molecular weight excluding hydrogens is 543 g/mol. The lowest BCUT2D eigenvalue weighted by atomic mass is 9.87. The third-order valence-electron chi connectivity index (χ3n) is 6.97. The molecule has 186 valence electrons. The lowest BCUT2D eigenvalue weighted by Gasteiger charge is -2.43. The Hall–Kier alpha value is -0.673. The molecule has 0 radical (unpaired) electrons. The zero-order valence-electron chi connectivity index (χ0n) is 21.6. The molecule has 1 saturated heterocycles. The fourth-order valence-corrected chi connectivity index (χ4v) is 5.07. The molecule has 0 spiro atoms. The van der Waals surface area contributed by atoms with E-state index in [1.807, 2.05) is 24.3 Å². The number of benzene rings is 1. The molecule has 1 aliphatic heterocycles. The highest BCUT2D eigenvalue weighted by Crippen LogP contribution is 2.39. The molecule has 6 heteroatoms. The molecule has 0 bridgehead atoms. The molecule has 0 unspecified atom stereocenters. The fourth-order valence-electron chi connectivity index (χ4n) is 3.62. The Balaban J connectivity index is 1.99. The van der Waals surface area contributed by atoms with Gasteiger partial charge in [-0.15, -0.1) is 0 Å². The second kappa shape index (κ2) is 12.9. The second-order valence-electron chi connectivity index (χ2n) is 10.5. The molecule has 1 aromatic rings. The first kappa shape index (κ1) is 28.6. The third-order valence-corrected chi connectivity index (χ3v) is 12.9. The van der Waals surface area contributed by atoms with E-state index < -0.39 is 8.32 Å². The van der Waals surface area contributed by atoms with Crippen molar-refractivity contribution in [2.45, 2.75) is 77.7 Å². The highest BCUT2D eigenvalue weighted by molar-refractivity contribution is 14.1. The molecule has 5 atom stereocenters. The van der Waals surface area contributed by atoms with E-state index >= 15 is 0 Å². The highest BCUT2D eigenvalue weighted by atomic mass is 127. The van der Waals surface area contributed by atoms with Crippen LogP contribution in [0.5, 0.6) is 5.75 Å². The smallest absolute Gasteiger partial charge is 0.192 e. The minimum atomic E-state index is -1.70. The molecule has 1 aromatic carbocycles. The van der Waals surface area contributed by atoms with Crippen LogP contribution in [-0.4, -0.2) is 38.7 Å². The van der Waals surface area contributed by atoms with Crippen molar-refractivity contribution >= 4 is 30.9 Å². The van der Waals surface area contributed by atoms with Gasteiger partial charge in [-0.1, -0.05) is 93.6 Å². The van der Waals surface area contributed by atoms with Crippen LogP contribution in [-0.2, 0) is 13.9 Å². The van der Waals surface area contributed by atoms with Crippen molar-refractivity contribution in [1.29, 1.82) is 0 Å². The van der Waals surface area contributed by atoms with Crippen LogP contribution in [0.3, 0.4) is 0 Å². The zero-order chi connectivity index (χ0) is 24.6. The number of methoxy groups -OCH3 is 1. The van der Waals surface area contributed by atoms with Crippen LogP contribution >= 0.6 is 22.6 Å². The number of rotatable bonds is 10. The van der Waals surface area contributed by atoms with E-state index in [1.165, 1.54) is 0 Å². The summed E-state index contributed by atoms with van der Waals surface area (Å²) in [5.74, 6) is 1.62. The Labute approximate surface area is 216 Å². The molecule has 0 saturated carbocycles. The highest BCUT2D eigenvalue weighted by Gasteiger charge is 2.39. The summed E-state index contributed by atoms with van der Waals surface area (Å²) in [5.41, 5.74) is 1.03. The van der Waals surface area contributed by atoms with Gasteiger partial charge in [0.05, 0.1) is 25.9 Å². The summed E-state index contributed by atoms with van der Waals surface area (Å²) < 4.78 is 25.4. The first-order chi connectivity index (χ1) is 15.5. The predicted octanol–water partition coefficient (Wildman–Crippen LogP) is 7.71. The van der Waals surface area contributed by atoms with Crippen LogP contribution in [0.2, 0.25) is 18.1 Å². The van der Waals surface area contributed by atoms with Crippen LogP contribution in [0.15, 0.2) is 48.6 Å². The minimum Gasteiger partial charge on any atom is -0.497 e. The van der Waals surface area contributed by atoms with Crippen LogP contribution < -0.4 is 4.74 Å². The maximum atomic E-state index is 6.44. The molecule has 4 nitrogen and oxygen atoms in total. The molecule has 0 aliphatic carbocycles. The van der Waals surface area contributed by atoms with Gasteiger partial charge in [-0.3, -0.25) is 0 Å². The zero-order valence-corrected chi connectivity index (χ0v) is 24.8. The van der Waals surface area contributed by atoms with Crippen molar-refractivity contribution in [2.24, 2.45) is 11.8 Å². The van der Waals surface area contributed by atoms with E-state index in [1.54, 1.807) is 7.11 Å². The first-order valence-corrected chi connectivity index (χ1v) is 16.4. The molecule has 33 heavy (non-hydrogen) atoms.